The molecule has 27 heavy (non-hydrogen) atoms. The van der Waals surface area contributed by atoms with Gasteiger partial charge in [-0.3, -0.25) is 10.2 Å². The number of carbonyl (C=O) groups is 1. The number of nitrogens with one attached hydrogen (secondary N) is 2. The van der Waals surface area contributed by atoms with Crippen LogP contribution in [0.5, 0.6) is 5.75 Å². The van der Waals surface area contributed by atoms with E-state index in [4.69, 9.17) is 9.57 Å². The number of amides is 2. The third-order valence-corrected chi connectivity index (χ3v) is 4.63. The van der Waals surface area contributed by atoms with Crippen LogP contribution < -0.4 is 14.8 Å². The lowest BCUT2D eigenvalue weighted by molar-refractivity contribution is -0.119. The largest absolute Gasteiger partial charge is 0.488 e. The lowest BCUT2D eigenvalue weighted by Crippen LogP contribution is -2.47. The SMILES string of the molecule is C=CCOc1ccc(C)cc1S(=O)(=O)NC(=O)NC1=NC(C)=NN(OC)C1. The lowest BCUT2D eigenvalue weighted by Gasteiger charge is -2.21. The van der Waals surface area contributed by atoms with Crippen molar-refractivity contribution in [2.75, 3.05) is 20.3 Å². The zero-order valence-corrected chi connectivity index (χ0v) is 16.0. The van der Waals surface area contributed by atoms with Crippen molar-refractivity contribution in [2.45, 2.75) is 18.7 Å². The van der Waals surface area contributed by atoms with Gasteiger partial charge in [0.25, 0.3) is 10.0 Å². The Balaban J connectivity index is 2.16. The van der Waals surface area contributed by atoms with E-state index < -0.39 is 16.1 Å². The topological polar surface area (TPSA) is 122 Å². The molecular formula is C16H21N5O5S. The van der Waals surface area contributed by atoms with Crippen LogP contribution in [0.3, 0.4) is 0 Å². The molecule has 1 aromatic rings. The van der Waals surface area contributed by atoms with Crippen molar-refractivity contribution < 1.29 is 22.8 Å². The van der Waals surface area contributed by atoms with Crippen molar-refractivity contribution in [3.63, 3.8) is 0 Å². The number of hydrogen-bond donors (Lipinski definition) is 2. The second-order valence-electron chi connectivity index (χ2n) is 5.51. The number of aliphatic imine (C=N–C) groups is 1. The fourth-order valence-electron chi connectivity index (χ4n) is 2.18. The number of hydrogen-bond acceptors (Lipinski definition) is 8. The van der Waals surface area contributed by atoms with Crippen molar-refractivity contribution in [3.05, 3.63) is 36.4 Å². The van der Waals surface area contributed by atoms with Crippen LogP contribution in [0.1, 0.15) is 12.5 Å². The molecule has 1 heterocycles. The molecule has 0 atom stereocenters. The smallest absolute Gasteiger partial charge is 0.334 e. The van der Waals surface area contributed by atoms with E-state index in [0.29, 0.717) is 11.4 Å². The van der Waals surface area contributed by atoms with E-state index in [1.54, 1.807) is 19.9 Å². The van der Waals surface area contributed by atoms with E-state index in [1.165, 1.54) is 30.5 Å². The highest BCUT2D eigenvalue weighted by molar-refractivity contribution is 7.90. The molecule has 0 radical (unpaired) electrons. The molecule has 2 N–H and O–H groups in total. The highest BCUT2D eigenvalue weighted by Gasteiger charge is 2.24. The Bertz CT molecular complexity index is 894. The number of rotatable bonds is 6. The quantitative estimate of drug-likeness (QED) is 0.697. The molecule has 0 aromatic heterocycles. The second kappa shape index (κ2) is 8.64. The summed E-state index contributed by atoms with van der Waals surface area (Å²) in [5.41, 5.74) is 0.695. The minimum atomic E-state index is -4.18. The van der Waals surface area contributed by atoms with Crippen LogP contribution in [0.2, 0.25) is 0 Å². The number of urea groups is 1. The van der Waals surface area contributed by atoms with Gasteiger partial charge in [-0.1, -0.05) is 18.7 Å². The Hall–Kier alpha value is -2.92. The molecule has 0 saturated heterocycles. The number of ether oxygens (including phenoxy) is 1. The summed E-state index contributed by atoms with van der Waals surface area (Å²) in [5, 5.41) is 7.54. The molecule has 0 unspecified atom stereocenters. The standard InChI is InChI=1S/C16H21N5O5S/c1-5-8-26-13-7-6-11(2)9-14(13)27(23,24)20-16(22)18-15-10-21(25-4)19-12(3)17-15/h5-7,9H,1,8,10H2,2-4H3,(H2,17,18,19,20,22). The first kappa shape index (κ1) is 20.4. The van der Waals surface area contributed by atoms with E-state index in [9.17, 15) is 13.2 Å². The van der Waals surface area contributed by atoms with E-state index in [1.807, 2.05) is 4.72 Å². The minimum absolute atomic E-state index is 0.0550. The normalized spacial score (nSPS) is 14.1. The van der Waals surface area contributed by atoms with E-state index in [0.717, 1.165) is 0 Å². The maximum atomic E-state index is 12.6. The number of nitrogens with zero attached hydrogens (tertiary/aromatic N) is 3. The molecule has 1 aromatic carbocycles. The van der Waals surface area contributed by atoms with E-state index >= 15 is 0 Å². The highest BCUT2D eigenvalue weighted by atomic mass is 32.2. The molecule has 11 heteroatoms. The first-order valence-electron chi connectivity index (χ1n) is 7.87. The summed E-state index contributed by atoms with van der Waals surface area (Å²) in [7, 11) is -2.77. The first-order valence-corrected chi connectivity index (χ1v) is 9.36. The lowest BCUT2D eigenvalue weighted by atomic mass is 10.2. The fourth-order valence-corrected chi connectivity index (χ4v) is 3.32. The minimum Gasteiger partial charge on any atom is -0.488 e. The van der Waals surface area contributed by atoms with Crippen molar-refractivity contribution in [2.24, 2.45) is 10.1 Å². The van der Waals surface area contributed by atoms with Gasteiger partial charge in [-0.25, -0.2) is 22.9 Å². The average molecular weight is 395 g/mol. The number of carbonyl (C=O) groups excluding carboxylic acids is 1. The maximum Gasteiger partial charge on any atom is 0.334 e. The molecule has 10 nitrogen and oxygen atoms in total. The Morgan fingerprint density at radius 2 is 2.15 bits per heavy atom. The number of benzene rings is 1. The van der Waals surface area contributed by atoms with Crippen LogP contribution in [0, 0.1) is 6.92 Å². The fraction of sp³-hybridized carbons (Fsp3) is 0.312. The number of hydrazone groups is 1. The zero-order chi connectivity index (χ0) is 20.0. The van der Waals surface area contributed by atoms with Crippen LogP contribution in [0.4, 0.5) is 4.79 Å². The maximum absolute atomic E-state index is 12.6. The summed E-state index contributed by atoms with van der Waals surface area (Å²) in [6.45, 7) is 7.05. The number of amidine groups is 2. The van der Waals surface area contributed by atoms with Crippen LogP contribution in [-0.2, 0) is 14.9 Å². The van der Waals surface area contributed by atoms with Gasteiger partial charge in [0.1, 0.15) is 35.5 Å². The summed E-state index contributed by atoms with van der Waals surface area (Å²) in [6.07, 6.45) is 1.49. The summed E-state index contributed by atoms with van der Waals surface area (Å²) in [5.74, 6) is 0.647. The highest BCUT2D eigenvalue weighted by Crippen LogP contribution is 2.25. The number of hydroxylamine groups is 1. The summed E-state index contributed by atoms with van der Waals surface area (Å²) >= 11 is 0. The van der Waals surface area contributed by atoms with Gasteiger partial charge in [0, 0.05) is 0 Å². The molecule has 2 rings (SSSR count). The van der Waals surface area contributed by atoms with Gasteiger partial charge in [0.15, 0.2) is 0 Å². The van der Waals surface area contributed by atoms with Crippen molar-refractivity contribution >= 4 is 27.7 Å². The van der Waals surface area contributed by atoms with Gasteiger partial charge in [0.05, 0.1) is 7.11 Å². The summed E-state index contributed by atoms with van der Waals surface area (Å²) in [4.78, 5) is 21.0. The van der Waals surface area contributed by atoms with Gasteiger partial charge in [0.2, 0.25) is 0 Å². The monoisotopic (exact) mass is 395 g/mol. The molecule has 0 bridgehead atoms. The molecule has 1 aliphatic heterocycles. The van der Waals surface area contributed by atoms with Gasteiger partial charge in [-0.05, 0) is 31.5 Å². The molecular weight excluding hydrogens is 374 g/mol. The van der Waals surface area contributed by atoms with Gasteiger partial charge >= 0.3 is 6.03 Å². The first-order chi connectivity index (χ1) is 12.7. The number of sulfonamides is 1. The van der Waals surface area contributed by atoms with Crippen LogP contribution in [-0.4, -0.2) is 51.6 Å². The van der Waals surface area contributed by atoms with Gasteiger partial charge in [-0.2, -0.15) is 5.17 Å². The Kier molecular flexibility index (Phi) is 6.53. The summed E-state index contributed by atoms with van der Waals surface area (Å²) in [6, 6.07) is 3.67. The summed E-state index contributed by atoms with van der Waals surface area (Å²) < 4.78 is 32.6. The van der Waals surface area contributed by atoms with Crippen LogP contribution in [0.25, 0.3) is 0 Å². The van der Waals surface area contributed by atoms with E-state index in [-0.39, 0.29) is 29.6 Å². The Morgan fingerprint density at radius 1 is 1.41 bits per heavy atom. The Labute approximate surface area is 157 Å². The average Bonchev–Trinajstić information content (AvgIpc) is 2.59. The molecule has 1 aliphatic rings. The van der Waals surface area contributed by atoms with Gasteiger partial charge < -0.3 is 4.74 Å². The van der Waals surface area contributed by atoms with Crippen LogP contribution in [0.15, 0.2) is 45.8 Å². The third-order valence-electron chi connectivity index (χ3n) is 3.28. The molecule has 0 fully saturated rings. The Morgan fingerprint density at radius 3 is 2.81 bits per heavy atom. The third kappa shape index (κ3) is 5.53. The molecule has 146 valence electrons. The van der Waals surface area contributed by atoms with Crippen molar-refractivity contribution in [1.29, 1.82) is 0 Å². The van der Waals surface area contributed by atoms with Crippen LogP contribution >= 0.6 is 0 Å². The molecule has 0 spiro atoms. The van der Waals surface area contributed by atoms with Gasteiger partial charge in [-0.15, -0.1) is 5.10 Å². The predicted molar refractivity (Wildman–Crippen MR) is 100.0 cm³/mol. The van der Waals surface area contributed by atoms with Crippen molar-refractivity contribution in [1.82, 2.24) is 15.2 Å². The molecule has 0 saturated carbocycles. The predicted octanol–water partition coefficient (Wildman–Crippen LogP) is 1.16. The molecule has 2 amide bonds. The second-order valence-corrected chi connectivity index (χ2v) is 7.16. The van der Waals surface area contributed by atoms with E-state index in [2.05, 4.69) is 22.0 Å². The van der Waals surface area contributed by atoms with Crippen molar-refractivity contribution in [3.8, 4) is 5.75 Å². The number of aryl methyl sites for hydroxylation is 1. The zero-order valence-electron chi connectivity index (χ0n) is 15.2. The molecule has 0 aliphatic carbocycles.